The molecule has 11 heteroatoms. The Morgan fingerprint density at radius 3 is 2.35 bits per heavy atom. The van der Waals surface area contributed by atoms with Crippen LogP contribution in [0.4, 0.5) is 0 Å². The third-order valence-electron chi connectivity index (χ3n) is 5.69. The maximum atomic E-state index is 12.5. The second-order valence-corrected chi connectivity index (χ2v) is 9.20. The minimum Gasteiger partial charge on any atom is -0.348 e. The molecule has 0 bridgehead atoms. The molecule has 1 amide bonds. The van der Waals surface area contributed by atoms with Gasteiger partial charge in [-0.3, -0.25) is 4.79 Å². The van der Waals surface area contributed by atoms with Crippen molar-refractivity contribution >= 4 is 40.7 Å². The van der Waals surface area contributed by atoms with Crippen LogP contribution in [0.2, 0.25) is 0 Å². The van der Waals surface area contributed by atoms with Gasteiger partial charge >= 0.3 is 0 Å². The van der Waals surface area contributed by atoms with Crippen LogP contribution in [-0.4, -0.2) is 64.9 Å². The molecule has 0 unspecified atom stereocenters. The average Bonchev–Trinajstić information content (AvgIpc) is 3.09. The molecule has 2 fully saturated rings. The van der Waals surface area contributed by atoms with Crippen LogP contribution < -0.4 is 5.73 Å². The first kappa shape index (κ1) is 21.4. The van der Waals surface area contributed by atoms with Crippen LogP contribution in [0.15, 0.2) is 6.33 Å². The Balaban J connectivity index is 0.00000121. The van der Waals surface area contributed by atoms with E-state index in [1.165, 1.54) is 6.26 Å². The fourth-order valence-electron chi connectivity index (χ4n) is 4.17. The number of aromatic amines is 1. The summed E-state index contributed by atoms with van der Waals surface area (Å²) in [6, 6.07) is 0. The molecule has 1 aromatic heterocycles. The van der Waals surface area contributed by atoms with Crippen LogP contribution in [0.25, 0.3) is 0 Å². The Kier molecular flexibility index (Phi) is 5.72. The van der Waals surface area contributed by atoms with Gasteiger partial charge in [-0.1, -0.05) is 0 Å². The molecular weight excluding hydrogens is 401 g/mol. The second kappa shape index (κ2) is 6.94. The van der Waals surface area contributed by atoms with Crippen molar-refractivity contribution in [1.82, 2.24) is 19.2 Å². The van der Waals surface area contributed by atoms with Crippen LogP contribution >= 0.6 is 24.8 Å². The topological polar surface area (TPSA) is 112 Å². The van der Waals surface area contributed by atoms with Gasteiger partial charge < -0.3 is 15.6 Å². The van der Waals surface area contributed by atoms with Crippen molar-refractivity contribution in [1.29, 1.82) is 0 Å². The standard InChI is InChI=1S/C15H23N5O3S.2ClH/c1-24(22,23)20-7-2-11-12(18-10-17-11)15(20)5-8-19(9-6-15)13(21)14(16)3-4-14;;/h10H,2-9,16H2,1H3,(H,17,18);2*1H. The number of carbonyl (C=O) groups excluding carboxylic acids is 1. The molecule has 3 N–H and O–H groups in total. The molecule has 1 aliphatic carbocycles. The Bertz CT molecular complexity index is 785. The van der Waals surface area contributed by atoms with Crippen LogP contribution in [0.1, 0.15) is 37.1 Å². The molecule has 0 atom stereocenters. The summed E-state index contributed by atoms with van der Waals surface area (Å²) in [7, 11) is -3.36. The van der Waals surface area contributed by atoms with E-state index in [9.17, 15) is 13.2 Å². The highest BCUT2D eigenvalue weighted by molar-refractivity contribution is 7.88. The number of carbonyl (C=O) groups is 1. The molecule has 4 rings (SSSR count). The normalized spacial score (nSPS) is 23.5. The van der Waals surface area contributed by atoms with Gasteiger partial charge in [0.05, 0.1) is 29.4 Å². The first-order chi connectivity index (χ1) is 11.3. The van der Waals surface area contributed by atoms with E-state index < -0.39 is 21.1 Å². The number of halogens is 2. The molecule has 1 spiro atoms. The van der Waals surface area contributed by atoms with Crippen molar-refractivity contribution in [3.8, 4) is 0 Å². The van der Waals surface area contributed by atoms with Gasteiger partial charge in [-0.05, 0) is 25.7 Å². The number of aromatic nitrogens is 2. The SMILES string of the molecule is CS(=O)(=O)N1CCc2[nH]cnc2C12CCN(C(=O)C1(N)CC1)CC2.Cl.Cl. The predicted molar refractivity (Wildman–Crippen MR) is 102 cm³/mol. The molecule has 3 heterocycles. The number of imidazole rings is 1. The number of hydrogen-bond donors (Lipinski definition) is 2. The van der Waals surface area contributed by atoms with E-state index in [1.807, 2.05) is 0 Å². The zero-order valence-electron chi connectivity index (χ0n) is 14.6. The van der Waals surface area contributed by atoms with Gasteiger partial charge in [-0.15, -0.1) is 24.8 Å². The second-order valence-electron chi connectivity index (χ2n) is 7.29. The monoisotopic (exact) mass is 425 g/mol. The van der Waals surface area contributed by atoms with Gasteiger partial charge in [0.15, 0.2) is 0 Å². The lowest BCUT2D eigenvalue weighted by Crippen LogP contribution is -2.60. The number of amides is 1. The number of nitrogens with one attached hydrogen (secondary N) is 1. The number of rotatable bonds is 2. The van der Waals surface area contributed by atoms with Crippen molar-refractivity contribution in [2.45, 2.75) is 43.2 Å². The maximum absolute atomic E-state index is 12.5. The molecule has 1 aromatic rings. The summed E-state index contributed by atoms with van der Waals surface area (Å²) in [5.41, 5.74) is 6.53. The summed E-state index contributed by atoms with van der Waals surface area (Å²) in [5.74, 6) is 0.00122. The van der Waals surface area contributed by atoms with Crippen molar-refractivity contribution in [3.05, 3.63) is 17.7 Å². The molecule has 3 aliphatic rings. The van der Waals surface area contributed by atoms with Gasteiger partial charge in [-0.2, -0.15) is 4.31 Å². The van der Waals surface area contributed by atoms with E-state index in [2.05, 4.69) is 9.97 Å². The first-order valence-corrected chi connectivity index (χ1v) is 10.2. The molecule has 8 nitrogen and oxygen atoms in total. The predicted octanol–water partition coefficient (Wildman–Crippen LogP) is 0.380. The lowest BCUT2D eigenvalue weighted by Gasteiger charge is -2.49. The van der Waals surface area contributed by atoms with Crippen LogP contribution in [0.5, 0.6) is 0 Å². The summed E-state index contributed by atoms with van der Waals surface area (Å²) in [6.07, 6.45) is 6.12. The quantitative estimate of drug-likeness (QED) is 0.710. The van der Waals surface area contributed by atoms with Gasteiger partial charge in [0.2, 0.25) is 15.9 Å². The van der Waals surface area contributed by atoms with Gasteiger partial charge in [0.1, 0.15) is 0 Å². The highest BCUT2D eigenvalue weighted by atomic mass is 35.5. The fraction of sp³-hybridized carbons (Fsp3) is 0.733. The number of nitrogens with zero attached hydrogens (tertiary/aromatic N) is 3. The minimum atomic E-state index is -3.36. The first-order valence-electron chi connectivity index (χ1n) is 8.35. The molecule has 148 valence electrons. The Morgan fingerprint density at radius 1 is 1.19 bits per heavy atom. The number of H-pyrrole nitrogens is 1. The molecular formula is C15H25Cl2N5O3S. The zero-order valence-corrected chi connectivity index (χ0v) is 17.1. The molecule has 0 radical (unpaired) electrons. The minimum absolute atomic E-state index is 0. The number of piperidine rings is 1. The fourth-order valence-corrected chi connectivity index (χ4v) is 5.50. The van der Waals surface area contributed by atoms with Crippen molar-refractivity contribution < 1.29 is 13.2 Å². The molecule has 1 saturated carbocycles. The number of nitrogens with two attached hydrogens (primary N) is 1. The van der Waals surface area contributed by atoms with Crippen molar-refractivity contribution in [3.63, 3.8) is 0 Å². The number of fused-ring (bicyclic) bond motifs is 2. The van der Waals surface area contributed by atoms with E-state index in [4.69, 9.17) is 5.73 Å². The summed E-state index contributed by atoms with van der Waals surface area (Å²) >= 11 is 0. The largest absolute Gasteiger partial charge is 0.348 e. The van der Waals surface area contributed by atoms with E-state index in [-0.39, 0.29) is 30.7 Å². The maximum Gasteiger partial charge on any atom is 0.242 e. The number of hydrogen-bond acceptors (Lipinski definition) is 5. The van der Waals surface area contributed by atoms with Gasteiger partial charge in [0, 0.05) is 31.7 Å². The Hall–Kier alpha value is -0.870. The van der Waals surface area contributed by atoms with Crippen molar-refractivity contribution in [2.75, 3.05) is 25.9 Å². The molecule has 2 aliphatic heterocycles. The van der Waals surface area contributed by atoms with E-state index in [0.29, 0.717) is 38.9 Å². The number of sulfonamides is 1. The van der Waals surface area contributed by atoms with Crippen LogP contribution in [-0.2, 0) is 26.8 Å². The Labute approximate surface area is 165 Å². The van der Waals surface area contributed by atoms with Gasteiger partial charge in [0.25, 0.3) is 0 Å². The van der Waals surface area contributed by atoms with E-state index >= 15 is 0 Å². The molecule has 1 saturated heterocycles. The van der Waals surface area contributed by atoms with Crippen molar-refractivity contribution in [2.24, 2.45) is 5.73 Å². The third-order valence-corrected chi connectivity index (χ3v) is 7.03. The molecule has 0 aromatic carbocycles. The Morgan fingerprint density at radius 2 is 1.81 bits per heavy atom. The van der Waals surface area contributed by atoms with Gasteiger partial charge in [-0.25, -0.2) is 13.4 Å². The summed E-state index contributed by atoms with van der Waals surface area (Å²) in [4.78, 5) is 21.8. The average molecular weight is 426 g/mol. The van der Waals surface area contributed by atoms with E-state index in [1.54, 1.807) is 15.5 Å². The highest BCUT2D eigenvalue weighted by Crippen LogP contribution is 2.44. The lowest BCUT2D eigenvalue weighted by molar-refractivity contribution is -0.136. The van der Waals surface area contributed by atoms with Crippen LogP contribution in [0.3, 0.4) is 0 Å². The smallest absolute Gasteiger partial charge is 0.242 e. The summed E-state index contributed by atoms with van der Waals surface area (Å²) in [6.45, 7) is 1.47. The lowest BCUT2D eigenvalue weighted by atomic mass is 9.80. The zero-order chi connectivity index (χ0) is 17.2. The van der Waals surface area contributed by atoms with Crippen LogP contribution in [0, 0.1) is 0 Å². The third kappa shape index (κ3) is 3.24. The summed E-state index contributed by atoms with van der Waals surface area (Å²) < 4.78 is 26.3. The van der Waals surface area contributed by atoms with E-state index in [0.717, 1.165) is 24.2 Å². The molecule has 26 heavy (non-hydrogen) atoms. The number of likely N-dealkylation sites (tertiary alicyclic amines) is 1. The highest BCUT2D eigenvalue weighted by Gasteiger charge is 2.53. The summed E-state index contributed by atoms with van der Waals surface area (Å²) in [5, 5.41) is 0.